The van der Waals surface area contributed by atoms with E-state index in [-0.39, 0.29) is 17.4 Å². The summed E-state index contributed by atoms with van der Waals surface area (Å²) in [7, 11) is -2.90. The lowest BCUT2D eigenvalue weighted by molar-refractivity contribution is -0.141. The van der Waals surface area contributed by atoms with Crippen LogP contribution < -0.4 is 0 Å². The highest BCUT2D eigenvalue weighted by Gasteiger charge is 2.60. The average molecular weight is 446 g/mol. The number of rotatable bonds is 3. The van der Waals surface area contributed by atoms with Crippen molar-refractivity contribution in [2.45, 2.75) is 70.1 Å². The maximum atomic E-state index is 13.2. The summed E-state index contributed by atoms with van der Waals surface area (Å²) in [5.74, 6) is 1.68. The van der Waals surface area contributed by atoms with Crippen molar-refractivity contribution in [3.8, 4) is 0 Å². The number of sulfone groups is 1. The molecule has 0 aromatic carbocycles. The highest BCUT2D eigenvalue weighted by atomic mass is 32.2. The number of likely N-dealkylation sites (tertiary alicyclic amines) is 1. The van der Waals surface area contributed by atoms with Crippen molar-refractivity contribution in [2.75, 3.05) is 24.6 Å². The van der Waals surface area contributed by atoms with Crippen LogP contribution in [0.3, 0.4) is 0 Å². The number of nitrogens with zero attached hydrogens (tertiary/aromatic N) is 3. The zero-order valence-electron chi connectivity index (χ0n) is 17.5. The minimum atomic E-state index is -4.41. The molecule has 0 unspecified atom stereocenters. The second-order valence-electron chi connectivity index (χ2n) is 10.4. The molecule has 5 nitrogen and oxygen atoms in total. The fraction of sp³-hybridized carbons (Fsp3) is 0.857. The summed E-state index contributed by atoms with van der Waals surface area (Å²) in [4.78, 5) is 2.49. The summed E-state index contributed by atoms with van der Waals surface area (Å²) in [5, 5.41) is 3.86. The van der Waals surface area contributed by atoms with Crippen LogP contribution in [0.5, 0.6) is 0 Å². The van der Waals surface area contributed by atoms with Gasteiger partial charge in [-0.3, -0.25) is 9.58 Å². The minimum absolute atomic E-state index is 0.0683. The number of alkyl halides is 3. The summed E-state index contributed by atoms with van der Waals surface area (Å²) in [6, 6.07) is 1.60. The molecular formula is C21H30F3N3O2S. The van der Waals surface area contributed by atoms with Gasteiger partial charge in [-0.05, 0) is 75.8 Å². The number of piperidine rings is 1. The predicted molar refractivity (Wildman–Crippen MR) is 107 cm³/mol. The van der Waals surface area contributed by atoms with E-state index in [0.29, 0.717) is 29.4 Å². The molecule has 5 rings (SSSR count). The second kappa shape index (κ2) is 6.70. The van der Waals surface area contributed by atoms with E-state index in [9.17, 15) is 21.6 Å². The monoisotopic (exact) mass is 445 g/mol. The Labute approximate surface area is 175 Å². The molecular weight excluding hydrogens is 415 g/mol. The summed E-state index contributed by atoms with van der Waals surface area (Å²) < 4.78 is 65.3. The Hall–Kier alpha value is -1.09. The van der Waals surface area contributed by atoms with E-state index in [1.807, 2.05) is 13.8 Å². The Balaban J connectivity index is 1.27. The molecule has 5 atom stereocenters. The molecule has 4 aliphatic rings. The smallest absolute Gasteiger partial charge is 0.300 e. The van der Waals surface area contributed by atoms with Crippen molar-refractivity contribution in [1.29, 1.82) is 0 Å². The Morgan fingerprint density at radius 1 is 1.20 bits per heavy atom. The van der Waals surface area contributed by atoms with Crippen molar-refractivity contribution < 1.29 is 21.6 Å². The molecule has 1 aromatic rings. The molecule has 0 radical (unpaired) electrons. The average Bonchev–Trinajstić information content (AvgIpc) is 3.03. The van der Waals surface area contributed by atoms with Gasteiger partial charge in [0.25, 0.3) is 0 Å². The van der Waals surface area contributed by atoms with Gasteiger partial charge >= 0.3 is 6.18 Å². The maximum Gasteiger partial charge on any atom is 0.435 e. The van der Waals surface area contributed by atoms with Crippen LogP contribution in [0, 0.1) is 17.3 Å². The van der Waals surface area contributed by atoms with Gasteiger partial charge in [-0.2, -0.15) is 18.3 Å². The summed E-state index contributed by atoms with van der Waals surface area (Å²) in [6.45, 7) is 5.63. The van der Waals surface area contributed by atoms with Crippen LogP contribution in [0.25, 0.3) is 0 Å². The van der Waals surface area contributed by atoms with Gasteiger partial charge in [0.15, 0.2) is 15.5 Å². The Kier molecular flexibility index (Phi) is 4.65. The highest BCUT2D eigenvalue weighted by Crippen LogP contribution is 2.64. The largest absolute Gasteiger partial charge is 0.435 e. The fourth-order valence-corrected chi connectivity index (χ4v) is 8.82. The van der Waals surface area contributed by atoms with E-state index in [4.69, 9.17) is 0 Å². The van der Waals surface area contributed by atoms with Crippen LogP contribution in [-0.2, 0) is 16.0 Å². The van der Waals surface area contributed by atoms with Crippen LogP contribution in [-0.4, -0.2) is 53.7 Å². The molecule has 4 fully saturated rings. The molecule has 2 aliphatic carbocycles. The Bertz CT molecular complexity index is 930. The van der Waals surface area contributed by atoms with E-state index in [1.165, 1.54) is 6.07 Å². The lowest BCUT2D eigenvalue weighted by Gasteiger charge is -2.43. The van der Waals surface area contributed by atoms with Crippen LogP contribution in [0.2, 0.25) is 0 Å². The van der Waals surface area contributed by atoms with Crippen LogP contribution in [0.15, 0.2) is 6.07 Å². The van der Waals surface area contributed by atoms with E-state index in [2.05, 4.69) is 10.00 Å². The van der Waals surface area contributed by atoms with E-state index in [0.717, 1.165) is 50.9 Å². The summed E-state index contributed by atoms with van der Waals surface area (Å²) in [5.41, 5.74) is -0.114. The van der Waals surface area contributed by atoms with Gasteiger partial charge in [0, 0.05) is 30.2 Å². The van der Waals surface area contributed by atoms with Gasteiger partial charge in [0.05, 0.1) is 11.5 Å². The number of aromatic nitrogens is 2. The van der Waals surface area contributed by atoms with Gasteiger partial charge in [-0.1, -0.05) is 0 Å². The van der Waals surface area contributed by atoms with Crippen LogP contribution >= 0.6 is 0 Å². The van der Waals surface area contributed by atoms with Crippen molar-refractivity contribution in [1.82, 2.24) is 14.7 Å². The minimum Gasteiger partial charge on any atom is -0.300 e. The number of hydrogen-bond donors (Lipinski definition) is 0. The third-order valence-corrected chi connectivity index (χ3v) is 9.86. The summed E-state index contributed by atoms with van der Waals surface area (Å²) >= 11 is 0. The molecule has 30 heavy (non-hydrogen) atoms. The number of fused-ring (bicyclic) bond motifs is 1. The molecule has 2 saturated carbocycles. The summed E-state index contributed by atoms with van der Waals surface area (Å²) in [6.07, 6.45) is 0.414. The highest BCUT2D eigenvalue weighted by molar-refractivity contribution is 7.91. The Morgan fingerprint density at radius 3 is 2.47 bits per heavy atom. The first-order chi connectivity index (χ1) is 14.0. The molecule has 1 aromatic heterocycles. The van der Waals surface area contributed by atoms with Crippen molar-refractivity contribution in [3.63, 3.8) is 0 Å². The van der Waals surface area contributed by atoms with Gasteiger partial charge in [0.2, 0.25) is 0 Å². The molecule has 0 N–H and O–H groups in total. The molecule has 0 amide bonds. The Morgan fingerprint density at radius 2 is 1.90 bits per heavy atom. The molecule has 1 spiro atoms. The maximum absolute atomic E-state index is 13.2. The lowest BCUT2D eigenvalue weighted by Crippen LogP contribution is -2.48. The number of hydrogen-bond acceptors (Lipinski definition) is 4. The molecule has 3 heterocycles. The first-order valence-corrected chi connectivity index (χ1v) is 12.9. The van der Waals surface area contributed by atoms with E-state index < -0.39 is 21.7 Å². The zero-order valence-corrected chi connectivity index (χ0v) is 18.3. The molecule has 2 aliphatic heterocycles. The van der Waals surface area contributed by atoms with Gasteiger partial charge < -0.3 is 0 Å². The molecule has 2 saturated heterocycles. The topological polar surface area (TPSA) is 55.2 Å². The molecule has 168 valence electrons. The standard InChI is InChI=1S/C21H30F3N3O2S/c1-13(2)27-17(10-18(25-27)21(22,23)24)19-15-8-14(9-16(15)19)26-6-3-4-20(11-26)5-7-30(28,29)12-20/h10,13-16,19H,3-9,11-12H2,1-2H3/t14-,15+,16-,19-,20-/m1/s1. The number of halogens is 3. The van der Waals surface area contributed by atoms with Gasteiger partial charge in [-0.15, -0.1) is 0 Å². The lowest BCUT2D eigenvalue weighted by atomic mass is 9.79. The van der Waals surface area contributed by atoms with Crippen LogP contribution in [0.4, 0.5) is 13.2 Å². The third kappa shape index (κ3) is 3.49. The zero-order chi connectivity index (χ0) is 21.5. The first-order valence-electron chi connectivity index (χ1n) is 11.1. The van der Waals surface area contributed by atoms with E-state index >= 15 is 0 Å². The SMILES string of the molecule is CC(C)n1nc(C(F)(F)F)cc1[C@H]1[C@@H]2C[C@H](N3CCC[C@@]4(CCS(=O)(=O)C4)C3)C[C@@H]21. The normalized spacial score (nSPS) is 38.5. The van der Waals surface area contributed by atoms with Crippen molar-refractivity contribution >= 4 is 9.84 Å². The van der Waals surface area contributed by atoms with Crippen molar-refractivity contribution in [3.05, 3.63) is 17.5 Å². The predicted octanol–water partition coefficient (Wildman–Crippen LogP) is 3.88. The van der Waals surface area contributed by atoms with Gasteiger partial charge in [0.1, 0.15) is 0 Å². The van der Waals surface area contributed by atoms with Gasteiger partial charge in [-0.25, -0.2) is 8.42 Å². The fourth-order valence-electron chi connectivity index (χ4n) is 6.62. The van der Waals surface area contributed by atoms with Crippen LogP contribution in [0.1, 0.15) is 69.3 Å². The quantitative estimate of drug-likeness (QED) is 0.709. The third-order valence-electron chi connectivity index (χ3n) is 7.98. The van der Waals surface area contributed by atoms with E-state index in [1.54, 1.807) is 4.68 Å². The molecule has 9 heteroatoms. The molecule has 0 bridgehead atoms. The van der Waals surface area contributed by atoms with Crippen molar-refractivity contribution in [2.24, 2.45) is 17.3 Å². The first kappa shape index (κ1) is 20.8. The second-order valence-corrected chi connectivity index (χ2v) is 12.6.